The number of nitrogen functional groups attached to an aromatic ring is 1. The van der Waals surface area contributed by atoms with Crippen molar-refractivity contribution in [3.8, 4) is 5.69 Å². The lowest BCUT2D eigenvalue weighted by molar-refractivity contribution is 1.10. The lowest BCUT2D eigenvalue weighted by Gasteiger charge is -2.08. The van der Waals surface area contributed by atoms with Crippen molar-refractivity contribution in [2.24, 2.45) is 0 Å². The zero-order valence-corrected chi connectivity index (χ0v) is 10.6. The van der Waals surface area contributed by atoms with Gasteiger partial charge in [0.25, 0.3) is 0 Å². The number of para-hydroxylation sites is 1. The molecule has 0 fully saturated rings. The third-order valence-electron chi connectivity index (χ3n) is 2.99. The Bertz CT molecular complexity index is 714. The number of aryl methyl sites for hydroxylation is 1. The molecule has 0 saturated heterocycles. The summed E-state index contributed by atoms with van der Waals surface area (Å²) < 4.78 is 1.95. The van der Waals surface area contributed by atoms with Crippen LogP contribution in [0.1, 0.15) is 5.56 Å². The van der Waals surface area contributed by atoms with Gasteiger partial charge in [0.05, 0.1) is 11.0 Å². The van der Waals surface area contributed by atoms with E-state index in [2.05, 4.69) is 18.0 Å². The maximum Gasteiger partial charge on any atom is 0.205 e. The van der Waals surface area contributed by atoms with Crippen LogP contribution < -0.4 is 5.73 Å². The molecule has 3 nitrogen and oxygen atoms in total. The highest BCUT2D eigenvalue weighted by atomic mass is 35.5. The summed E-state index contributed by atoms with van der Waals surface area (Å²) in [5, 5.41) is 0.707. The Hall–Kier alpha value is -2.00. The van der Waals surface area contributed by atoms with Crippen LogP contribution in [0.2, 0.25) is 5.02 Å². The first-order valence-electron chi connectivity index (χ1n) is 5.66. The van der Waals surface area contributed by atoms with Crippen LogP contribution in [0.15, 0.2) is 42.5 Å². The van der Waals surface area contributed by atoms with Gasteiger partial charge in [-0.25, -0.2) is 4.98 Å². The van der Waals surface area contributed by atoms with Gasteiger partial charge in [0, 0.05) is 10.7 Å². The first-order chi connectivity index (χ1) is 8.66. The monoisotopic (exact) mass is 257 g/mol. The number of halogens is 1. The van der Waals surface area contributed by atoms with Gasteiger partial charge < -0.3 is 5.73 Å². The van der Waals surface area contributed by atoms with Crippen molar-refractivity contribution in [1.82, 2.24) is 9.55 Å². The molecule has 0 atom stereocenters. The average molecular weight is 258 g/mol. The summed E-state index contributed by atoms with van der Waals surface area (Å²) >= 11 is 5.91. The first-order valence-corrected chi connectivity index (χ1v) is 6.04. The molecule has 2 N–H and O–H groups in total. The Labute approximate surface area is 110 Å². The van der Waals surface area contributed by atoms with E-state index in [0.717, 1.165) is 22.3 Å². The summed E-state index contributed by atoms with van der Waals surface area (Å²) in [6, 6.07) is 13.6. The summed E-state index contributed by atoms with van der Waals surface area (Å²) in [4.78, 5) is 4.38. The van der Waals surface area contributed by atoms with E-state index >= 15 is 0 Å². The van der Waals surface area contributed by atoms with Gasteiger partial charge in [-0.15, -0.1) is 0 Å². The largest absolute Gasteiger partial charge is 0.369 e. The zero-order chi connectivity index (χ0) is 12.7. The van der Waals surface area contributed by atoms with Crippen LogP contribution >= 0.6 is 11.6 Å². The average Bonchev–Trinajstić information content (AvgIpc) is 2.68. The lowest BCUT2D eigenvalue weighted by atomic mass is 10.2. The summed E-state index contributed by atoms with van der Waals surface area (Å²) in [5.41, 5.74) is 10.1. The van der Waals surface area contributed by atoms with Crippen LogP contribution in [-0.4, -0.2) is 9.55 Å². The Kier molecular flexibility index (Phi) is 2.49. The molecule has 18 heavy (non-hydrogen) atoms. The van der Waals surface area contributed by atoms with Crippen molar-refractivity contribution in [2.45, 2.75) is 6.92 Å². The SMILES string of the molecule is Cc1cccc2nc(N)n(-c3ccc(Cl)cc3)c12. The number of hydrogen-bond acceptors (Lipinski definition) is 2. The topological polar surface area (TPSA) is 43.8 Å². The van der Waals surface area contributed by atoms with Crippen LogP contribution in [0.5, 0.6) is 0 Å². The summed E-state index contributed by atoms with van der Waals surface area (Å²) in [7, 11) is 0. The van der Waals surface area contributed by atoms with Gasteiger partial charge >= 0.3 is 0 Å². The second-order valence-corrected chi connectivity index (χ2v) is 4.66. The maximum atomic E-state index is 6.01. The maximum absolute atomic E-state index is 6.01. The predicted octanol–water partition coefficient (Wildman–Crippen LogP) is 3.57. The molecule has 3 rings (SSSR count). The van der Waals surface area contributed by atoms with Gasteiger partial charge in [-0.05, 0) is 42.8 Å². The highest BCUT2D eigenvalue weighted by molar-refractivity contribution is 6.30. The number of nitrogens with two attached hydrogens (primary N) is 1. The number of benzene rings is 2. The Morgan fingerprint density at radius 2 is 1.83 bits per heavy atom. The number of rotatable bonds is 1. The van der Waals surface area contributed by atoms with E-state index in [4.69, 9.17) is 17.3 Å². The number of fused-ring (bicyclic) bond motifs is 1. The third kappa shape index (κ3) is 1.64. The molecule has 1 heterocycles. The molecule has 3 aromatic rings. The fourth-order valence-electron chi connectivity index (χ4n) is 2.16. The quantitative estimate of drug-likeness (QED) is 0.724. The summed E-state index contributed by atoms with van der Waals surface area (Å²) in [6.45, 7) is 2.05. The van der Waals surface area contributed by atoms with E-state index in [1.165, 1.54) is 0 Å². The first kappa shape index (κ1) is 11.1. The predicted molar refractivity (Wildman–Crippen MR) is 75.2 cm³/mol. The molecule has 0 amide bonds. The van der Waals surface area contributed by atoms with Crippen LogP contribution in [0.25, 0.3) is 16.7 Å². The number of aromatic nitrogens is 2. The normalized spacial score (nSPS) is 11.0. The molecule has 0 aliphatic heterocycles. The van der Waals surface area contributed by atoms with E-state index in [9.17, 15) is 0 Å². The van der Waals surface area contributed by atoms with E-state index in [0.29, 0.717) is 11.0 Å². The fourth-order valence-corrected chi connectivity index (χ4v) is 2.29. The molecule has 0 bridgehead atoms. The minimum atomic E-state index is 0.488. The van der Waals surface area contributed by atoms with Crippen LogP contribution in [-0.2, 0) is 0 Å². The van der Waals surface area contributed by atoms with Gasteiger partial charge in [-0.1, -0.05) is 23.7 Å². The Balaban J connectivity index is 2.34. The molecular weight excluding hydrogens is 246 g/mol. The lowest BCUT2D eigenvalue weighted by Crippen LogP contribution is -2.01. The highest BCUT2D eigenvalue weighted by Crippen LogP contribution is 2.26. The summed E-state index contributed by atoms with van der Waals surface area (Å²) in [6.07, 6.45) is 0. The molecule has 0 aliphatic rings. The minimum Gasteiger partial charge on any atom is -0.369 e. The van der Waals surface area contributed by atoms with E-state index in [1.54, 1.807) is 0 Å². The van der Waals surface area contributed by atoms with Crippen LogP contribution in [0.3, 0.4) is 0 Å². The molecule has 0 aliphatic carbocycles. The standard InChI is InChI=1S/C14H12ClN3/c1-9-3-2-4-12-13(9)18(14(16)17-12)11-7-5-10(15)6-8-11/h2-8H,1H3,(H2,16,17). The number of nitrogens with zero attached hydrogens (tertiary/aromatic N) is 2. The number of anilines is 1. The second-order valence-electron chi connectivity index (χ2n) is 4.22. The smallest absolute Gasteiger partial charge is 0.205 e. The number of imidazole rings is 1. The highest BCUT2D eigenvalue weighted by Gasteiger charge is 2.11. The molecule has 0 unspecified atom stereocenters. The van der Waals surface area contributed by atoms with Crippen LogP contribution in [0, 0.1) is 6.92 Å². The van der Waals surface area contributed by atoms with E-state index in [1.807, 2.05) is 41.0 Å². The van der Waals surface area contributed by atoms with E-state index in [-0.39, 0.29) is 0 Å². The zero-order valence-electron chi connectivity index (χ0n) is 9.89. The summed E-state index contributed by atoms with van der Waals surface area (Å²) in [5.74, 6) is 0.488. The van der Waals surface area contributed by atoms with Crippen molar-refractivity contribution in [3.63, 3.8) is 0 Å². The van der Waals surface area contributed by atoms with E-state index < -0.39 is 0 Å². The molecular formula is C14H12ClN3. The minimum absolute atomic E-state index is 0.488. The Morgan fingerprint density at radius 1 is 1.11 bits per heavy atom. The Morgan fingerprint density at radius 3 is 2.56 bits per heavy atom. The number of hydrogen-bond donors (Lipinski definition) is 1. The molecule has 2 aromatic carbocycles. The van der Waals surface area contributed by atoms with Crippen molar-refractivity contribution >= 4 is 28.6 Å². The molecule has 0 spiro atoms. The van der Waals surface area contributed by atoms with Crippen LogP contribution in [0.4, 0.5) is 5.95 Å². The van der Waals surface area contributed by atoms with Crippen molar-refractivity contribution in [1.29, 1.82) is 0 Å². The molecule has 4 heteroatoms. The van der Waals surface area contributed by atoms with Crippen molar-refractivity contribution in [2.75, 3.05) is 5.73 Å². The second kappa shape index (κ2) is 4.03. The molecule has 90 valence electrons. The molecule has 1 aromatic heterocycles. The van der Waals surface area contributed by atoms with Gasteiger partial charge in [0.1, 0.15) is 0 Å². The fraction of sp³-hybridized carbons (Fsp3) is 0.0714. The van der Waals surface area contributed by atoms with Crippen molar-refractivity contribution in [3.05, 3.63) is 53.1 Å². The molecule has 0 saturated carbocycles. The van der Waals surface area contributed by atoms with Crippen molar-refractivity contribution < 1.29 is 0 Å². The van der Waals surface area contributed by atoms with Gasteiger partial charge in [0.15, 0.2) is 0 Å². The van der Waals surface area contributed by atoms with Gasteiger partial charge in [0.2, 0.25) is 5.95 Å². The third-order valence-corrected chi connectivity index (χ3v) is 3.24. The van der Waals surface area contributed by atoms with Gasteiger partial charge in [-0.3, -0.25) is 4.57 Å². The van der Waals surface area contributed by atoms with Gasteiger partial charge in [-0.2, -0.15) is 0 Å². The molecule has 0 radical (unpaired) electrons.